The Balaban J connectivity index is 4.95. The molecule has 1 unspecified atom stereocenters. The van der Waals surface area contributed by atoms with Crippen molar-refractivity contribution in [3.8, 4) is 0 Å². The van der Waals surface area contributed by atoms with Gasteiger partial charge < -0.3 is 21.3 Å². The maximum absolute atomic E-state index is 12.8. The predicted molar refractivity (Wildman–Crippen MR) is 136 cm³/mol. The van der Waals surface area contributed by atoms with Gasteiger partial charge in [0.2, 0.25) is 5.91 Å². The zero-order valence-electron chi connectivity index (χ0n) is 19.7. The molecule has 0 heterocycles. The second-order valence-electron chi connectivity index (χ2n) is 7.75. The number of carbonyl (C=O) groups is 3. The topological polar surface area (TPSA) is 130 Å². The number of hydrogen-bond donors (Lipinski definition) is 5. The van der Waals surface area contributed by atoms with E-state index in [1.54, 1.807) is 6.08 Å². The first-order valence-electron chi connectivity index (χ1n) is 11.7. The van der Waals surface area contributed by atoms with Crippen LogP contribution in [0.1, 0.15) is 71.1 Å². The number of carbonyl (C=O) groups excluding carboxylic acids is 2. The van der Waals surface area contributed by atoms with E-state index in [0.717, 1.165) is 37.5 Å². The number of aliphatic carboxylic acids is 1. The summed E-state index contributed by atoms with van der Waals surface area (Å²) in [5, 5.41) is 21.5. The van der Waals surface area contributed by atoms with Crippen LogP contribution in [0.15, 0.2) is 47.8 Å². The molecule has 8 heteroatoms. The number of aliphatic hydroxyl groups excluding tert-OH is 1. The van der Waals surface area contributed by atoms with E-state index in [1.165, 1.54) is 51.0 Å². The van der Waals surface area contributed by atoms with Crippen molar-refractivity contribution in [1.29, 1.82) is 0 Å². The van der Waals surface area contributed by atoms with Gasteiger partial charge in [0, 0.05) is 11.8 Å². The number of thiol groups is 1. The first-order chi connectivity index (χ1) is 15.9. The van der Waals surface area contributed by atoms with Crippen LogP contribution in [0.4, 0.5) is 0 Å². The Kier molecular flexibility index (Phi) is 18.9. The monoisotopic (exact) mass is 480 g/mol. The summed E-state index contributed by atoms with van der Waals surface area (Å²) in [6.45, 7) is 1.94. The molecule has 0 spiro atoms. The minimum atomic E-state index is -1.18. The van der Waals surface area contributed by atoms with Crippen molar-refractivity contribution in [3.63, 3.8) is 0 Å². The van der Waals surface area contributed by atoms with Crippen molar-refractivity contribution in [2.75, 3.05) is 12.3 Å². The zero-order chi connectivity index (χ0) is 24.9. The summed E-state index contributed by atoms with van der Waals surface area (Å²) in [6.07, 6.45) is 20.1. The maximum atomic E-state index is 12.8. The number of hydrogen-bond acceptors (Lipinski definition) is 6. The third kappa shape index (κ3) is 16.0. The van der Waals surface area contributed by atoms with Crippen molar-refractivity contribution < 1.29 is 24.6 Å². The predicted octanol–water partition coefficient (Wildman–Crippen LogP) is 4.42. The van der Waals surface area contributed by atoms with Crippen LogP contribution in [0, 0.1) is 0 Å². The van der Waals surface area contributed by atoms with Crippen LogP contribution in [0.25, 0.3) is 0 Å². The number of rotatable bonds is 19. The Labute approximate surface area is 203 Å². The van der Waals surface area contributed by atoms with E-state index in [4.69, 9.17) is 10.8 Å². The number of aliphatic hydroxyl groups is 1. The number of Topliss-reactive ketones (excluding diaryl/α,β-unsaturated/α-hetero) is 1. The van der Waals surface area contributed by atoms with E-state index in [0.29, 0.717) is 0 Å². The third-order valence-corrected chi connectivity index (χ3v) is 5.29. The van der Waals surface area contributed by atoms with Gasteiger partial charge in [0.1, 0.15) is 11.8 Å². The minimum absolute atomic E-state index is 0.0162. The van der Waals surface area contributed by atoms with Crippen molar-refractivity contribution >= 4 is 30.3 Å². The molecular formula is C25H40N2O5S. The highest BCUT2D eigenvalue weighted by atomic mass is 32.1. The van der Waals surface area contributed by atoms with Gasteiger partial charge in [-0.2, -0.15) is 12.6 Å². The fraction of sp³-hybridized carbons (Fsp3) is 0.560. The summed E-state index contributed by atoms with van der Waals surface area (Å²) in [6, 6.07) is -0.972. The van der Waals surface area contributed by atoms with Crippen molar-refractivity contribution in [3.05, 3.63) is 47.8 Å². The molecule has 33 heavy (non-hydrogen) atoms. The summed E-state index contributed by atoms with van der Waals surface area (Å²) in [5.74, 6) is -2.63. The van der Waals surface area contributed by atoms with Crippen LogP contribution >= 0.6 is 12.6 Å². The number of amides is 1. The Morgan fingerprint density at radius 1 is 0.939 bits per heavy atom. The van der Waals surface area contributed by atoms with Crippen LogP contribution in [-0.2, 0) is 14.4 Å². The number of unbranched alkanes of at least 4 members (excludes halogenated alkanes) is 9. The molecule has 7 nitrogen and oxygen atoms in total. The fourth-order valence-corrected chi connectivity index (χ4v) is 3.33. The van der Waals surface area contributed by atoms with Crippen LogP contribution in [0.2, 0.25) is 0 Å². The molecule has 0 saturated heterocycles. The summed E-state index contributed by atoms with van der Waals surface area (Å²) < 4.78 is 0. The number of nitrogens with one attached hydrogen (secondary N) is 1. The quantitative estimate of drug-likeness (QED) is 0.0612. The summed E-state index contributed by atoms with van der Waals surface area (Å²) in [4.78, 5) is 35.1. The molecule has 186 valence electrons. The molecule has 0 radical (unpaired) electrons. The smallest absolute Gasteiger partial charge is 0.328 e. The van der Waals surface area contributed by atoms with Gasteiger partial charge in [-0.05, 0) is 25.0 Å². The van der Waals surface area contributed by atoms with Crippen LogP contribution in [0.3, 0.4) is 0 Å². The lowest BCUT2D eigenvalue weighted by Crippen LogP contribution is -2.45. The molecule has 0 rings (SSSR count). The molecule has 1 amide bonds. The molecule has 0 aromatic rings. The van der Waals surface area contributed by atoms with Gasteiger partial charge in [-0.15, -0.1) is 0 Å². The molecule has 0 aromatic carbocycles. The minimum Gasteiger partial charge on any atom is -0.507 e. The van der Waals surface area contributed by atoms with Gasteiger partial charge in [-0.1, -0.05) is 76.5 Å². The highest BCUT2D eigenvalue weighted by Gasteiger charge is 2.24. The lowest BCUT2D eigenvalue weighted by molar-refractivity contribution is -0.131. The second kappa shape index (κ2) is 20.3. The van der Waals surface area contributed by atoms with E-state index < -0.39 is 29.5 Å². The van der Waals surface area contributed by atoms with Gasteiger partial charge >= 0.3 is 5.97 Å². The SMILES string of the molecule is CCCCCCCCCCC/C=C/C=C(\C(=O)C(CS)NC(=O)CN)C(O)=CC=CC(=O)O. The number of carboxylic acid groups (broad SMARTS) is 1. The van der Waals surface area contributed by atoms with E-state index in [9.17, 15) is 19.5 Å². The molecule has 0 aliphatic carbocycles. The Morgan fingerprint density at radius 3 is 2.09 bits per heavy atom. The van der Waals surface area contributed by atoms with Gasteiger partial charge in [-0.3, -0.25) is 9.59 Å². The van der Waals surface area contributed by atoms with Crippen LogP contribution in [-0.4, -0.2) is 46.2 Å². The molecule has 0 aromatic heterocycles. The Bertz CT molecular complexity index is 714. The molecular weight excluding hydrogens is 440 g/mol. The maximum Gasteiger partial charge on any atom is 0.328 e. The summed E-state index contributed by atoms with van der Waals surface area (Å²) in [7, 11) is 0. The first-order valence-corrected chi connectivity index (χ1v) is 12.3. The normalized spacial score (nSPS) is 13.5. The number of carboxylic acids is 1. The van der Waals surface area contributed by atoms with Gasteiger partial charge in [0.15, 0.2) is 5.78 Å². The highest BCUT2D eigenvalue weighted by Crippen LogP contribution is 2.14. The largest absolute Gasteiger partial charge is 0.507 e. The zero-order valence-corrected chi connectivity index (χ0v) is 20.6. The standard InChI is InChI=1S/C25H40N2O5S/c1-2-3-4-5-6-7-8-9-10-11-12-13-15-20(22(28)16-14-17-24(30)31)25(32)21(19-33)27-23(29)18-26/h12-17,21,28,33H,2-11,18-19,26H2,1H3,(H,27,29)(H,30,31)/b13-12+,17-14?,20-15-,22-16?. The molecule has 0 aliphatic heterocycles. The lowest BCUT2D eigenvalue weighted by atomic mass is 10.0. The average Bonchev–Trinajstić information content (AvgIpc) is 2.79. The van der Waals surface area contributed by atoms with Crippen LogP contribution in [0.5, 0.6) is 0 Å². The Morgan fingerprint density at radius 2 is 1.55 bits per heavy atom. The molecule has 0 fully saturated rings. The molecule has 0 bridgehead atoms. The van der Waals surface area contributed by atoms with Gasteiger partial charge in [-0.25, -0.2) is 4.79 Å². The van der Waals surface area contributed by atoms with Crippen molar-refractivity contribution in [2.24, 2.45) is 5.73 Å². The number of nitrogens with two attached hydrogens (primary N) is 1. The Hall–Kier alpha value is -2.32. The third-order valence-electron chi connectivity index (χ3n) is 4.93. The van der Waals surface area contributed by atoms with E-state index in [1.807, 2.05) is 6.08 Å². The average molecular weight is 481 g/mol. The van der Waals surface area contributed by atoms with Crippen molar-refractivity contribution in [2.45, 2.75) is 77.2 Å². The number of allylic oxidation sites excluding steroid dienone is 6. The van der Waals surface area contributed by atoms with E-state index in [-0.39, 0.29) is 17.9 Å². The van der Waals surface area contributed by atoms with E-state index >= 15 is 0 Å². The first kappa shape index (κ1) is 30.7. The molecule has 5 N–H and O–H groups in total. The number of ketones is 1. The summed E-state index contributed by atoms with van der Waals surface area (Å²) >= 11 is 4.10. The van der Waals surface area contributed by atoms with Gasteiger partial charge in [0.05, 0.1) is 12.1 Å². The second-order valence-corrected chi connectivity index (χ2v) is 8.11. The van der Waals surface area contributed by atoms with Gasteiger partial charge in [0.25, 0.3) is 0 Å². The molecule has 1 atom stereocenters. The summed E-state index contributed by atoms with van der Waals surface area (Å²) in [5.41, 5.74) is 5.24. The fourth-order valence-electron chi connectivity index (χ4n) is 3.07. The molecule has 0 aliphatic rings. The lowest BCUT2D eigenvalue weighted by Gasteiger charge is -2.16. The van der Waals surface area contributed by atoms with Crippen LogP contribution < -0.4 is 11.1 Å². The molecule has 0 saturated carbocycles. The van der Waals surface area contributed by atoms with E-state index in [2.05, 4.69) is 24.9 Å². The highest BCUT2D eigenvalue weighted by molar-refractivity contribution is 7.80. The van der Waals surface area contributed by atoms with Crippen molar-refractivity contribution in [1.82, 2.24) is 5.32 Å².